The average molecular weight is 346 g/mol. The molecule has 1 unspecified atom stereocenters. The summed E-state index contributed by atoms with van der Waals surface area (Å²) in [6, 6.07) is 9.43. The Bertz CT molecular complexity index is 994. The zero-order valence-electron chi connectivity index (χ0n) is 15.3. The van der Waals surface area contributed by atoms with E-state index in [9.17, 15) is 4.79 Å². The number of hydrogen-bond donors (Lipinski definition) is 1. The van der Waals surface area contributed by atoms with Crippen LogP contribution in [0.15, 0.2) is 36.5 Å². The predicted octanol–water partition coefficient (Wildman–Crippen LogP) is 3.83. The van der Waals surface area contributed by atoms with Crippen molar-refractivity contribution in [2.24, 2.45) is 5.92 Å². The van der Waals surface area contributed by atoms with Crippen LogP contribution in [0.25, 0.3) is 11.0 Å². The molecule has 0 bridgehead atoms. The van der Waals surface area contributed by atoms with Gasteiger partial charge in [0.25, 0.3) is 5.91 Å². The minimum Gasteiger partial charge on any atom is -0.343 e. The van der Waals surface area contributed by atoms with Gasteiger partial charge in [-0.15, -0.1) is 0 Å². The van der Waals surface area contributed by atoms with Crippen LogP contribution in [-0.2, 0) is 0 Å². The molecule has 2 heterocycles. The molecule has 3 aromatic rings. The molecular weight excluding hydrogens is 324 g/mol. The van der Waals surface area contributed by atoms with Crippen molar-refractivity contribution in [3.05, 3.63) is 64.7 Å². The first-order chi connectivity index (χ1) is 12.5. The van der Waals surface area contributed by atoms with Gasteiger partial charge in [0.2, 0.25) is 0 Å². The number of aromatic nitrogens is 3. The molecule has 2 aromatic heterocycles. The third-order valence-electron chi connectivity index (χ3n) is 5.06. The number of pyridine rings is 1. The molecule has 1 aliphatic carbocycles. The Balaban J connectivity index is 1.63. The number of nitrogens with one attached hydrogen (secondary N) is 1. The lowest BCUT2D eigenvalue weighted by Crippen LogP contribution is -2.31. The summed E-state index contributed by atoms with van der Waals surface area (Å²) in [7, 11) is 0. The molecule has 1 atom stereocenters. The quantitative estimate of drug-likeness (QED) is 0.779. The maximum absolute atomic E-state index is 12.9. The van der Waals surface area contributed by atoms with E-state index in [1.807, 2.05) is 51.1 Å². The molecule has 0 spiro atoms. The van der Waals surface area contributed by atoms with Crippen LogP contribution in [0.2, 0.25) is 0 Å². The zero-order valence-corrected chi connectivity index (χ0v) is 15.3. The minimum atomic E-state index is -0.0890. The summed E-state index contributed by atoms with van der Waals surface area (Å²) in [5.41, 5.74) is 6.04. The lowest BCUT2D eigenvalue weighted by atomic mass is 10.0. The first kappa shape index (κ1) is 16.6. The monoisotopic (exact) mass is 346 g/mol. The van der Waals surface area contributed by atoms with Gasteiger partial charge in [-0.2, -0.15) is 0 Å². The van der Waals surface area contributed by atoms with Crippen LogP contribution in [-0.4, -0.2) is 20.9 Å². The normalized spacial score (nSPS) is 15.0. The second-order valence-corrected chi connectivity index (χ2v) is 7.09. The van der Waals surface area contributed by atoms with E-state index < -0.39 is 0 Å². The molecule has 1 N–H and O–H groups in total. The lowest BCUT2D eigenvalue weighted by Gasteiger charge is -2.19. The molecule has 5 nitrogen and oxygen atoms in total. The molecule has 0 radical (unpaired) electrons. The van der Waals surface area contributed by atoms with Crippen molar-refractivity contribution in [3.63, 3.8) is 0 Å². The van der Waals surface area contributed by atoms with Gasteiger partial charge in [-0.1, -0.05) is 6.07 Å². The summed E-state index contributed by atoms with van der Waals surface area (Å²) < 4.78 is 0. The molecule has 5 heteroatoms. The summed E-state index contributed by atoms with van der Waals surface area (Å²) in [6.45, 7) is 5.92. The topological polar surface area (TPSA) is 67.8 Å². The van der Waals surface area contributed by atoms with Crippen molar-refractivity contribution < 1.29 is 4.79 Å². The zero-order chi connectivity index (χ0) is 18.3. The van der Waals surface area contributed by atoms with E-state index in [-0.39, 0.29) is 11.9 Å². The van der Waals surface area contributed by atoms with Crippen molar-refractivity contribution in [2.75, 3.05) is 0 Å². The fourth-order valence-corrected chi connectivity index (χ4v) is 3.26. The molecule has 1 aromatic carbocycles. The molecular formula is C21H22N4O. The van der Waals surface area contributed by atoms with E-state index >= 15 is 0 Å². The van der Waals surface area contributed by atoms with E-state index in [0.29, 0.717) is 11.5 Å². The van der Waals surface area contributed by atoms with Crippen molar-refractivity contribution in [1.82, 2.24) is 20.3 Å². The van der Waals surface area contributed by atoms with Crippen molar-refractivity contribution in [3.8, 4) is 0 Å². The molecule has 0 saturated heterocycles. The molecule has 26 heavy (non-hydrogen) atoms. The number of amides is 1. The summed E-state index contributed by atoms with van der Waals surface area (Å²) in [5.74, 6) is 0.381. The van der Waals surface area contributed by atoms with Crippen molar-refractivity contribution in [2.45, 2.75) is 39.7 Å². The molecule has 4 rings (SSSR count). The molecule has 1 fully saturated rings. The first-order valence-electron chi connectivity index (χ1n) is 9.00. The number of benzene rings is 1. The third kappa shape index (κ3) is 3.17. The number of carbonyl (C=O) groups excluding carboxylic acids is 1. The van der Waals surface area contributed by atoms with E-state index in [1.165, 1.54) is 0 Å². The Morgan fingerprint density at radius 1 is 1.08 bits per heavy atom. The summed E-state index contributed by atoms with van der Waals surface area (Å²) >= 11 is 0. The first-order valence-corrected chi connectivity index (χ1v) is 9.00. The van der Waals surface area contributed by atoms with Crippen molar-refractivity contribution >= 4 is 16.9 Å². The van der Waals surface area contributed by atoms with E-state index in [4.69, 9.17) is 0 Å². The predicted molar refractivity (Wildman–Crippen MR) is 101 cm³/mol. The van der Waals surface area contributed by atoms with E-state index in [1.54, 1.807) is 6.20 Å². The lowest BCUT2D eigenvalue weighted by molar-refractivity contribution is 0.0930. The van der Waals surface area contributed by atoms with Crippen LogP contribution in [0.4, 0.5) is 0 Å². The molecule has 1 amide bonds. The van der Waals surface area contributed by atoms with Crippen LogP contribution < -0.4 is 5.32 Å². The SMILES string of the molecule is Cc1cccnc1C(NC(=O)c1ccc2nc(C)c(C)nc2c1)C1CC1. The summed E-state index contributed by atoms with van der Waals surface area (Å²) in [6.07, 6.45) is 4.05. The van der Waals surface area contributed by atoms with Gasteiger partial charge in [0.05, 0.1) is 34.2 Å². The average Bonchev–Trinajstić information content (AvgIpc) is 3.46. The summed E-state index contributed by atoms with van der Waals surface area (Å²) in [5, 5.41) is 3.19. The van der Waals surface area contributed by atoms with Crippen LogP contribution in [0.1, 0.15) is 51.9 Å². The highest BCUT2D eigenvalue weighted by Crippen LogP contribution is 2.41. The third-order valence-corrected chi connectivity index (χ3v) is 5.06. The van der Waals surface area contributed by atoms with Gasteiger partial charge in [0.15, 0.2) is 0 Å². The maximum Gasteiger partial charge on any atom is 0.251 e. The highest BCUT2D eigenvalue weighted by molar-refractivity contribution is 5.97. The van der Waals surface area contributed by atoms with E-state index in [2.05, 4.69) is 20.3 Å². The van der Waals surface area contributed by atoms with Crippen LogP contribution >= 0.6 is 0 Å². The van der Waals surface area contributed by atoms with Gasteiger partial charge >= 0.3 is 0 Å². The smallest absolute Gasteiger partial charge is 0.251 e. The maximum atomic E-state index is 12.9. The Labute approximate surface area is 152 Å². The van der Waals surface area contributed by atoms with Gasteiger partial charge in [0, 0.05) is 11.8 Å². The highest BCUT2D eigenvalue weighted by atomic mass is 16.1. The molecule has 0 aliphatic heterocycles. The highest BCUT2D eigenvalue weighted by Gasteiger charge is 2.35. The van der Waals surface area contributed by atoms with Gasteiger partial charge in [-0.3, -0.25) is 9.78 Å². The number of hydrogen-bond acceptors (Lipinski definition) is 4. The Hall–Kier alpha value is -2.82. The van der Waals surface area contributed by atoms with Gasteiger partial charge < -0.3 is 5.32 Å². The standard InChI is InChI=1S/C21H22N4O/c1-12-5-4-10-22-19(12)20(15-6-7-15)25-21(26)16-8-9-17-18(11-16)24-14(3)13(2)23-17/h4-5,8-11,15,20H,6-7H2,1-3H3,(H,25,26). The second-order valence-electron chi connectivity index (χ2n) is 7.09. The van der Waals surface area contributed by atoms with Crippen LogP contribution in [0.3, 0.4) is 0 Å². The Morgan fingerprint density at radius 2 is 1.81 bits per heavy atom. The molecule has 132 valence electrons. The van der Waals surface area contributed by atoms with Gasteiger partial charge in [0.1, 0.15) is 0 Å². The van der Waals surface area contributed by atoms with Crippen LogP contribution in [0, 0.1) is 26.7 Å². The number of carbonyl (C=O) groups is 1. The van der Waals surface area contributed by atoms with Crippen molar-refractivity contribution in [1.29, 1.82) is 0 Å². The number of aryl methyl sites for hydroxylation is 3. The minimum absolute atomic E-state index is 0.0368. The van der Waals surface area contributed by atoms with Crippen LogP contribution in [0.5, 0.6) is 0 Å². The number of nitrogens with zero attached hydrogens (tertiary/aromatic N) is 3. The molecule has 1 aliphatic rings. The fraction of sp³-hybridized carbons (Fsp3) is 0.333. The van der Waals surface area contributed by atoms with Gasteiger partial charge in [-0.05, 0) is 69.4 Å². The summed E-state index contributed by atoms with van der Waals surface area (Å²) in [4.78, 5) is 26.5. The van der Waals surface area contributed by atoms with Gasteiger partial charge in [-0.25, -0.2) is 9.97 Å². The Morgan fingerprint density at radius 3 is 2.50 bits per heavy atom. The number of rotatable bonds is 4. The number of fused-ring (bicyclic) bond motifs is 1. The second kappa shape index (κ2) is 6.48. The molecule has 1 saturated carbocycles. The largest absolute Gasteiger partial charge is 0.343 e. The van der Waals surface area contributed by atoms with E-state index in [0.717, 1.165) is 46.5 Å². The Kier molecular flexibility index (Phi) is 4.15. The fourth-order valence-electron chi connectivity index (χ4n) is 3.26.